The third-order valence-corrected chi connectivity index (χ3v) is 0.347. The van der Waals surface area contributed by atoms with Crippen LogP contribution in [-0.4, -0.2) is 79.6 Å². The van der Waals surface area contributed by atoms with E-state index in [9.17, 15) is 0 Å². The van der Waals surface area contributed by atoms with Gasteiger partial charge in [0.15, 0.2) is 6.39 Å². The molecule has 0 aliphatic rings. The second-order valence-corrected chi connectivity index (χ2v) is 0.817. The van der Waals surface area contributed by atoms with E-state index < -0.39 is 7.69 Å². The minimum atomic E-state index is -0.750. The van der Waals surface area contributed by atoms with Crippen molar-refractivity contribution in [2.75, 3.05) is 0 Å². The van der Waals surface area contributed by atoms with Gasteiger partial charge in [-0.1, -0.05) is 0 Å². The molecule has 1 aromatic heterocycles. The molecule has 0 atom stereocenters. The zero-order valence-corrected chi connectivity index (χ0v) is 4.69. The molecule has 0 aliphatic heterocycles. The van der Waals surface area contributed by atoms with Gasteiger partial charge in [-0.15, -0.1) is 0 Å². The molecule has 0 amide bonds. The summed E-state index contributed by atoms with van der Waals surface area (Å²) in [7, 11) is -0.750. The zero-order chi connectivity index (χ0) is 6.24. The second-order valence-electron chi connectivity index (χ2n) is 0.817. The predicted octanol–water partition coefficient (Wildman–Crippen LogP) is -2.56. The normalized spacial score (nSPS) is 5.40. The molecule has 0 spiro atoms. The Morgan fingerprint density at radius 1 is 1.40 bits per heavy atom. The van der Waals surface area contributed by atoms with Crippen LogP contribution in [0.4, 0.5) is 0 Å². The maximum absolute atomic E-state index is 7.12. The van der Waals surface area contributed by atoms with Gasteiger partial charge in [0.1, 0.15) is 6.26 Å². The van der Waals surface area contributed by atoms with Gasteiger partial charge in [-0.2, -0.15) is 0 Å². The van der Waals surface area contributed by atoms with Crippen molar-refractivity contribution >= 4 is 59.1 Å². The van der Waals surface area contributed by atoms with E-state index in [0.717, 1.165) is 0 Å². The average Bonchev–Trinajstić information content (AvgIpc) is 2.17. The minimum Gasteiger partial charge on any atom is -0.452 e. The molecule has 1 rings (SSSR count). The summed E-state index contributed by atoms with van der Waals surface area (Å²) in [4.78, 5) is 3.56. The Kier molecular flexibility index (Phi) is 28.0. The van der Waals surface area contributed by atoms with Gasteiger partial charge in [-0.25, -0.2) is 4.98 Å². The molecule has 0 fully saturated rings. The Hall–Kier alpha value is 0.791. The number of rotatable bonds is 0. The summed E-state index contributed by atoms with van der Waals surface area (Å²) in [5.41, 5.74) is 0. The molecule has 0 unspecified atom stereocenters. The number of oxazole rings is 1. The Morgan fingerprint density at radius 2 is 1.90 bits per heavy atom. The molecule has 1 aromatic rings. The van der Waals surface area contributed by atoms with E-state index in [1.165, 1.54) is 12.7 Å². The summed E-state index contributed by atoms with van der Waals surface area (Å²) in [5, 5.41) is 14.2. The van der Waals surface area contributed by atoms with Crippen LogP contribution in [0.25, 0.3) is 0 Å². The molecule has 0 radical (unpaired) electrons. The molecule has 0 bridgehead atoms. The van der Waals surface area contributed by atoms with Crippen molar-refractivity contribution in [2.45, 2.75) is 0 Å². The zero-order valence-electron chi connectivity index (χ0n) is 4.69. The van der Waals surface area contributed by atoms with Crippen molar-refractivity contribution in [3.8, 4) is 0 Å². The number of aromatic nitrogens is 1. The topological polar surface area (TPSA) is 98.0 Å². The first-order valence-electron chi connectivity index (χ1n) is 1.95. The summed E-state index contributed by atoms with van der Waals surface area (Å²) >= 11 is 0. The van der Waals surface area contributed by atoms with Gasteiger partial charge in [-0.05, 0) is 0 Å². The monoisotopic (exact) mass is 173 g/mol. The quantitative estimate of drug-likeness (QED) is 0.421. The van der Waals surface area contributed by atoms with Crippen molar-refractivity contribution < 1.29 is 19.9 Å². The van der Waals surface area contributed by atoms with Crippen LogP contribution in [0.3, 0.4) is 0 Å². The summed E-state index contributed by atoms with van der Waals surface area (Å²) in [6.45, 7) is 0. The third kappa shape index (κ3) is 15.9. The third-order valence-electron chi connectivity index (χ3n) is 0.347. The minimum absolute atomic E-state index is 0. The fraction of sp³-hybridized carbons (Fsp3) is 0. The van der Waals surface area contributed by atoms with Gasteiger partial charge in [0.05, 0.1) is 6.20 Å². The van der Waals surface area contributed by atoms with E-state index in [2.05, 4.69) is 9.40 Å². The molecule has 0 aromatic carbocycles. The number of nitrogens with zero attached hydrogens (tertiary/aromatic N) is 1. The van der Waals surface area contributed by atoms with Crippen molar-refractivity contribution in [1.29, 1.82) is 0 Å². The maximum atomic E-state index is 7.12. The molecule has 5 nitrogen and oxygen atoms in total. The van der Waals surface area contributed by atoms with Crippen LogP contribution < -0.4 is 0 Å². The van der Waals surface area contributed by atoms with E-state index in [4.69, 9.17) is 10.0 Å². The van der Waals surface area contributed by atoms with Gasteiger partial charge >= 0.3 is 59.1 Å². The molecular weight excluding hydrogens is 164 g/mol. The van der Waals surface area contributed by atoms with Gasteiger partial charge in [0.2, 0.25) is 0 Å². The predicted molar refractivity (Wildman–Crippen MR) is 38.9 cm³/mol. The number of hydrogen-bond acceptors (Lipinski definition) is 4. The van der Waals surface area contributed by atoms with Gasteiger partial charge in [0.25, 0.3) is 0 Å². The summed E-state index contributed by atoms with van der Waals surface area (Å²) < 4.78 is 4.47. The van der Waals surface area contributed by atoms with Crippen molar-refractivity contribution in [1.82, 2.24) is 4.98 Å². The van der Waals surface area contributed by atoms with E-state index in [1.54, 1.807) is 6.20 Å². The van der Waals surface area contributed by atoms with Gasteiger partial charge in [-0.3, -0.25) is 0 Å². The Morgan fingerprint density at radius 3 is 2.00 bits per heavy atom. The van der Waals surface area contributed by atoms with Crippen molar-refractivity contribution in [2.24, 2.45) is 0 Å². The van der Waals surface area contributed by atoms with Crippen LogP contribution in [0.1, 0.15) is 0 Å². The van der Waals surface area contributed by atoms with E-state index in [-0.39, 0.29) is 56.9 Å². The molecule has 1 heterocycles. The van der Waals surface area contributed by atoms with E-state index in [0.29, 0.717) is 0 Å². The van der Waals surface area contributed by atoms with Crippen LogP contribution in [0.15, 0.2) is 23.3 Å². The van der Waals surface area contributed by atoms with E-state index >= 15 is 0 Å². The molecule has 10 heavy (non-hydrogen) atoms. The van der Waals surface area contributed by atoms with E-state index in [1.807, 2.05) is 0 Å². The first-order chi connectivity index (χ1) is 3.91. The molecule has 0 saturated carbocycles. The SMILES string of the molecule is O.OBO.[KH].c1cocn1. The summed E-state index contributed by atoms with van der Waals surface area (Å²) in [5.74, 6) is 0. The van der Waals surface area contributed by atoms with Gasteiger partial charge in [0, 0.05) is 0 Å². The molecule has 0 aliphatic carbocycles. The summed E-state index contributed by atoms with van der Waals surface area (Å²) in [6, 6.07) is 0. The molecule has 7 heteroatoms. The van der Waals surface area contributed by atoms with Crippen LogP contribution in [0, 0.1) is 0 Å². The van der Waals surface area contributed by atoms with Crippen LogP contribution in [-0.2, 0) is 0 Å². The largest absolute Gasteiger partial charge is 0.452 e. The molecule has 0 saturated heterocycles. The second kappa shape index (κ2) is 16.4. The van der Waals surface area contributed by atoms with Crippen LogP contribution >= 0.6 is 0 Å². The Balaban J connectivity index is -0.0000000900. The first kappa shape index (κ1) is 17.0. The van der Waals surface area contributed by atoms with Crippen LogP contribution in [0.5, 0.6) is 0 Å². The maximum Gasteiger partial charge on any atom is 0.180 e. The summed E-state index contributed by atoms with van der Waals surface area (Å²) in [6.07, 6.45) is 4.47. The molecular formula is C3H9BKNO4. The van der Waals surface area contributed by atoms with Crippen molar-refractivity contribution in [3.63, 3.8) is 0 Å². The first-order valence-corrected chi connectivity index (χ1v) is 1.95. The average molecular weight is 173 g/mol. The number of hydrogen-bond donors (Lipinski definition) is 2. The van der Waals surface area contributed by atoms with Crippen LogP contribution in [0.2, 0.25) is 0 Å². The Bertz CT molecular complexity index is 87.4. The molecule has 54 valence electrons. The Labute approximate surface area is 102 Å². The fourth-order valence-electron chi connectivity index (χ4n) is 0.176. The van der Waals surface area contributed by atoms with Gasteiger partial charge < -0.3 is 19.9 Å². The standard InChI is InChI=1S/C3H3NO.BH3O2.K.H2O.H/c1-2-5-3-4-1;2-1-3;;;/h1-3H;1-3H;;1H2;. The smallest absolute Gasteiger partial charge is 0.180 e. The fourth-order valence-corrected chi connectivity index (χ4v) is 0.176. The van der Waals surface area contributed by atoms with Crippen molar-refractivity contribution in [3.05, 3.63) is 18.9 Å². The molecule has 4 N–H and O–H groups in total.